The van der Waals surface area contributed by atoms with Crippen LogP contribution < -0.4 is 11.5 Å². The van der Waals surface area contributed by atoms with Crippen molar-refractivity contribution < 1.29 is 23.9 Å². The van der Waals surface area contributed by atoms with Gasteiger partial charge >= 0.3 is 5.97 Å². The molecule has 1 heterocycles. The zero-order valence-electron chi connectivity index (χ0n) is 20.2. The lowest BCUT2D eigenvalue weighted by Crippen LogP contribution is -2.48. The van der Waals surface area contributed by atoms with E-state index in [2.05, 4.69) is 0 Å². The van der Waals surface area contributed by atoms with Gasteiger partial charge in [0.1, 0.15) is 11.9 Å². The van der Waals surface area contributed by atoms with Crippen molar-refractivity contribution in [3.05, 3.63) is 71.0 Å². The molecule has 2 aliphatic rings. The first kappa shape index (κ1) is 27.6. The summed E-state index contributed by atoms with van der Waals surface area (Å²) in [5, 5.41) is 9.44. The number of nitrogens with zero attached hydrogens (tertiary/aromatic N) is 1. The number of rotatable bonds is 6. The van der Waals surface area contributed by atoms with Crippen LogP contribution in [0, 0.1) is 17.7 Å². The number of primary amides is 1. The predicted molar refractivity (Wildman–Crippen MR) is 136 cm³/mol. The largest absolute Gasteiger partial charge is 0.478 e. The Morgan fingerprint density at radius 2 is 1.67 bits per heavy atom. The number of carbonyl (C=O) groups is 3. The van der Waals surface area contributed by atoms with Gasteiger partial charge in [-0.25, -0.2) is 9.18 Å². The Labute approximate surface area is 216 Å². The molecule has 0 bridgehead atoms. The molecule has 36 heavy (non-hydrogen) atoms. The van der Waals surface area contributed by atoms with Gasteiger partial charge < -0.3 is 21.5 Å². The number of carbonyl (C=O) groups excluding carboxylic acids is 2. The van der Waals surface area contributed by atoms with E-state index < -0.39 is 41.1 Å². The van der Waals surface area contributed by atoms with E-state index in [1.807, 2.05) is 37.3 Å². The number of nitrogens with two attached hydrogens (primary N) is 2. The zero-order chi connectivity index (χ0) is 25.3. The van der Waals surface area contributed by atoms with Gasteiger partial charge in [-0.3, -0.25) is 9.59 Å². The summed E-state index contributed by atoms with van der Waals surface area (Å²) in [6, 6.07) is 12.4. The number of hydrogen-bond donors (Lipinski definition) is 3. The van der Waals surface area contributed by atoms with Crippen molar-refractivity contribution in [2.75, 3.05) is 6.54 Å². The first-order valence-electron chi connectivity index (χ1n) is 12.1. The second-order valence-electron chi connectivity index (χ2n) is 9.87. The maximum absolute atomic E-state index is 15.4. The van der Waals surface area contributed by atoms with E-state index in [0.717, 1.165) is 18.4 Å². The number of halogens is 2. The van der Waals surface area contributed by atoms with Gasteiger partial charge in [-0.05, 0) is 55.7 Å². The van der Waals surface area contributed by atoms with Crippen molar-refractivity contribution in [3.63, 3.8) is 0 Å². The normalized spacial score (nSPS) is 26.6. The molecule has 0 spiro atoms. The SMILES string of the molecule is CC(N)C1CCC(C(=O)N2CC(c3cccc(C(=O)O)c3F)[C@@H](c3ccccc3)[C@H]2C(N)=O)CC1.Cl. The second kappa shape index (κ2) is 11.4. The van der Waals surface area contributed by atoms with Crippen molar-refractivity contribution in [1.29, 1.82) is 0 Å². The first-order chi connectivity index (χ1) is 16.7. The van der Waals surface area contributed by atoms with Crippen LogP contribution in [0.2, 0.25) is 0 Å². The monoisotopic (exact) mass is 517 g/mol. The molecule has 7 nitrogen and oxygen atoms in total. The van der Waals surface area contributed by atoms with Crippen LogP contribution in [0.15, 0.2) is 48.5 Å². The highest BCUT2D eigenvalue weighted by Crippen LogP contribution is 2.46. The topological polar surface area (TPSA) is 127 Å². The van der Waals surface area contributed by atoms with Crippen molar-refractivity contribution in [3.8, 4) is 0 Å². The van der Waals surface area contributed by atoms with E-state index in [-0.39, 0.29) is 42.4 Å². The van der Waals surface area contributed by atoms with Crippen LogP contribution in [0.5, 0.6) is 0 Å². The van der Waals surface area contributed by atoms with Gasteiger partial charge in [0.05, 0.1) is 5.56 Å². The van der Waals surface area contributed by atoms with Gasteiger partial charge in [0.25, 0.3) is 0 Å². The van der Waals surface area contributed by atoms with E-state index >= 15 is 4.39 Å². The minimum Gasteiger partial charge on any atom is -0.478 e. The highest BCUT2D eigenvalue weighted by molar-refractivity contribution is 5.90. The maximum atomic E-state index is 15.4. The van der Waals surface area contributed by atoms with Gasteiger partial charge in [0.2, 0.25) is 11.8 Å². The Morgan fingerprint density at radius 1 is 1.03 bits per heavy atom. The van der Waals surface area contributed by atoms with Crippen LogP contribution in [0.25, 0.3) is 0 Å². The molecular weight excluding hydrogens is 485 g/mol. The standard InChI is InChI=1S/C27H32FN3O4.ClH/c1-15(29)16-10-12-18(13-11-16)26(33)31-14-21(19-8-5-9-20(23(19)28)27(34)35)22(24(31)25(30)32)17-6-3-2-4-7-17;/h2-9,15-16,18,21-22,24H,10-14,29H2,1H3,(H2,30,32)(H,34,35);1H/t15?,16?,18?,21?,22-,24+;/m1./s1. The van der Waals surface area contributed by atoms with E-state index in [9.17, 15) is 19.5 Å². The Morgan fingerprint density at radius 3 is 2.22 bits per heavy atom. The second-order valence-corrected chi connectivity index (χ2v) is 9.87. The summed E-state index contributed by atoms with van der Waals surface area (Å²) in [5.74, 6) is -4.15. The summed E-state index contributed by atoms with van der Waals surface area (Å²) in [5.41, 5.74) is 12.4. The molecule has 1 saturated heterocycles. The number of likely N-dealkylation sites (tertiary alicyclic amines) is 1. The molecule has 2 aromatic rings. The molecule has 4 atom stereocenters. The molecule has 0 aromatic heterocycles. The average Bonchev–Trinajstić information content (AvgIpc) is 3.25. The molecule has 2 fully saturated rings. The summed E-state index contributed by atoms with van der Waals surface area (Å²) in [7, 11) is 0. The Kier molecular flexibility index (Phi) is 8.74. The fraction of sp³-hybridized carbons (Fsp3) is 0.444. The van der Waals surface area contributed by atoms with Crippen molar-refractivity contribution >= 4 is 30.2 Å². The lowest BCUT2D eigenvalue weighted by molar-refractivity contribution is -0.142. The summed E-state index contributed by atoms with van der Waals surface area (Å²) in [6.07, 6.45) is 3.03. The number of carboxylic acid groups (broad SMARTS) is 1. The molecule has 2 amide bonds. The fourth-order valence-corrected chi connectivity index (χ4v) is 5.92. The predicted octanol–water partition coefficient (Wildman–Crippen LogP) is 3.66. The van der Waals surface area contributed by atoms with Gasteiger partial charge in [0, 0.05) is 30.3 Å². The Balaban J connectivity index is 0.00000361. The zero-order valence-corrected chi connectivity index (χ0v) is 21.0. The van der Waals surface area contributed by atoms with Crippen LogP contribution in [-0.4, -0.2) is 46.4 Å². The highest BCUT2D eigenvalue weighted by atomic mass is 35.5. The molecule has 9 heteroatoms. The number of amides is 2. The molecular formula is C27H33ClFN3O4. The van der Waals surface area contributed by atoms with Gasteiger partial charge in [-0.2, -0.15) is 0 Å². The van der Waals surface area contributed by atoms with Crippen LogP contribution in [0.4, 0.5) is 4.39 Å². The fourth-order valence-electron chi connectivity index (χ4n) is 5.92. The lowest BCUT2D eigenvalue weighted by Gasteiger charge is -2.34. The van der Waals surface area contributed by atoms with Crippen LogP contribution in [0.3, 0.4) is 0 Å². The van der Waals surface area contributed by atoms with Crippen LogP contribution >= 0.6 is 12.4 Å². The van der Waals surface area contributed by atoms with Crippen LogP contribution in [0.1, 0.15) is 65.9 Å². The summed E-state index contributed by atoms with van der Waals surface area (Å²) in [6.45, 7) is 2.06. The van der Waals surface area contributed by atoms with Gasteiger partial charge in [-0.1, -0.05) is 42.5 Å². The van der Waals surface area contributed by atoms with Crippen molar-refractivity contribution in [2.45, 2.75) is 56.5 Å². The quantitative estimate of drug-likeness (QED) is 0.539. The summed E-state index contributed by atoms with van der Waals surface area (Å²) in [4.78, 5) is 39.6. The van der Waals surface area contributed by atoms with Gasteiger partial charge in [-0.15, -0.1) is 12.4 Å². The molecule has 5 N–H and O–H groups in total. The molecule has 1 saturated carbocycles. The van der Waals surface area contributed by atoms with E-state index in [1.165, 1.54) is 23.1 Å². The lowest BCUT2D eigenvalue weighted by atomic mass is 9.78. The number of carboxylic acids is 1. The molecule has 4 rings (SSSR count). The highest BCUT2D eigenvalue weighted by Gasteiger charge is 2.50. The Hall–Kier alpha value is -2.97. The van der Waals surface area contributed by atoms with Crippen molar-refractivity contribution in [2.24, 2.45) is 23.3 Å². The third kappa shape index (κ3) is 5.25. The average molecular weight is 518 g/mol. The van der Waals surface area contributed by atoms with E-state index in [0.29, 0.717) is 18.8 Å². The molecule has 194 valence electrons. The maximum Gasteiger partial charge on any atom is 0.338 e. The number of aromatic carboxylic acids is 1. The summed E-state index contributed by atoms with van der Waals surface area (Å²) < 4.78 is 15.4. The third-order valence-corrected chi connectivity index (χ3v) is 7.79. The number of hydrogen-bond acceptors (Lipinski definition) is 4. The van der Waals surface area contributed by atoms with E-state index in [1.54, 1.807) is 0 Å². The number of benzene rings is 2. The minimum absolute atomic E-state index is 0. The third-order valence-electron chi connectivity index (χ3n) is 7.79. The van der Waals surface area contributed by atoms with Crippen molar-refractivity contribution in [1.82, 2.24) is 4.90 Å². The molecule has 0 radical (unpaired) electrons. The minimum atomic E-state index is -1.37. The smallest absolute Gasteiger partial charge is 0.338 e. The van der Waals surface area contributed by atoms with E-state index in [4.69, 9.17) is 11.5 Å². The Bertz CT molecular complexity index is 1110. The summed E-state index contributed by atoms with van der Waals surface area (Å²) >= 11 is 0. The van der Waals surface area contributed by atoms with Crippen LogP contribution in [-0.2, 0) is 9.59 Å². The van der Waals surface area contributed by atoms with Gasteiger partial charge in [0.15, 0.2) is 0 Å². The molecule has 1 aliphatic heterocycles. The first-order valence-corrected chi connectivity index (χ1v) is 12.1. The molecule has 2 unspecified atom stereocenters. The molecule has 1 aliphatic carbocycles. The molecule has 2 aromatic carbocycles.